The summed E-state index contributed by atoms with van der Waals surface area (Å²) < 4.78 is 0. The number of hydrogen-bond donors (Lipinski definition) is 2. The molecule has 1 atom stereocenters. The zero-order chi connectivity index (χ0) is 14.4. The van der Waals surface area contributed by atoms with E-state index in [4.69, 9.17) is 10.8 Å². The van der Waals surface area contributed by atoms with Gasteiger partial charge >= 0.3 is 0 Å². The number of guanidine groups is 1. The zero-order valence-electron chi connectivity index (χ0n) is 13.1. The first-order valence-electron chi connectivity index (χ1n) is 8.24. The average Bonchev–Trinajstić information content (AvgIpc) is 2.92. The van der Waals surface area contributed by atoms with Crippen LogP contribution in [-0.4, -0.2) is 54.5 Å². The molecule has 2 fully saturated rings. The zero-order valence-corrected chi connectivity index (χ0v) is 13.1. The third kappa shape index (κ3) is 4.09. The fraction of sp³-hybridized carbons (Fsp3) is 0.933. The molecule has 5 heteroatoms. The van der Waals surface area contributed by atoms with Crippen LogP contribution >= 0.6 is 0 Å². The Hall–Kier alpha value is -0.810. The molecule has 0 aromatic carbocycles. The van der Waals surface area contributed by atoms with Crippen molar-refractivity contribution in [2.75, 3.05) is 26.7 Å². The summed E-state index contributed by atoms with van der Waals surface area (Å²) in [6.45, 7) is 5.64. The third-order valence-corrected chi connectivity index (χ3v) is 4.76. The fourth-order valence-electron chi connectivity index (χ4n) is 3.55. The van der Waals surface area contributed by atoms with E-state index in [-0.39, 0.29) is 0 Å². The van der Waals surface area contributed by atoms with Crippen LogP contribution in [0.25, 0.3) is 0 Å². The predicted molar refractivity (Wildman–Crippen MR) is 84.5 cm³/mol. The molecule has 1 saturated heterocycles. The van der Waals surface area contributed by atoms with Gasteiger partial charge in [0, 0.05) is 19.6 Å². The molecule has 1 aliphatic carbocycles. The van der Waals surface area contributed by atoms with Gasteiger partial charge in [0.1, 0.15) is 0 Å². The summed E-state index contributed by atoms with van der Waals surface area (Å²) in [6, 6.07) is 1.11. The van der Waals surface area contributed by atoms with Gasteiger partial charge in [-0.2, -0.15) is 0 Å². The van der Waals surface area contributed by atoms with E-state index < -0.39 is 0 Å². The summed E-state index contributed by atoms with van der Waals surface area (Å²) in [4.78, 5) is 9.60. The topological polar surface area (TPSA) is 56.9 Å². The molecule has 1 saturated carbocycles. The number of hydrazine groups is 1. The van der Waals surface area contributed by atoms with E-state index in [0.717, 1.165) is 19.0 Å². The van der Waals surface area contributed by atoms with Crippen LogP contribution in [0, 0.1) is 0 Å². The van der Waals surface area contributed by atoms with Gasteiger partial charge in [-0.15, -0.1) is 0 Å². The average molecular weight is 281 g/mol. The van der Waals surface area contributed by atoms with E-state index in [0.29, 0.717) is 12.1 Å². The lowest BCUT2D eigenvalue weighted by Crippen LogP contribution is -2.48. The van der Waals surface area contributed by atoms with Crippen LogP contribution in [0.5, 0.6) is 0 Å². The molecule has 0 spiro atoms. The highest BCUT2D eigenvalue weighted by Crippen LogP contribution is 2.21. The van der Waals surface area contributed by atoms with Crippen molar-refractivity contribution in [2.45, 2.75) is 64.0 Å². The van der Waals surface area contributed by atoms with Gasteiger partial charge in [0.15, 0.2) is 0 Å². The Morgan fingerprint density at radius 2 is 2.00 bits per heavy atom. The molecule has 1 aliphatic heterocycles. The molecule has 0 aromatic heterocycles. The second-order valence-corrected chi connectivity index (χ2v) is 6.19. The number of nitrogens with one attached hydrogen (secondary N) is 1. The number of likely N-dealkylation sites (tertiary alicyclic amines) is 1. The van der Waals surface area contributed by atoms with Crippen molar-refractivity contribution >= 4 is 5.96 Å². The highest BCUT2D eigenvalue weighted by atomic mass is 15.4. The summed E-state index contributed by atoms with van der Waals surface area (Å²) in [5, 5.41) is 0. The smallest absolute Gasteiger partial charge is 0.208 e. The maximum absolute atomic E-state index is 5.70. The first-order chi connectivity index (χ1) is 9.74. The summed E-state index contributed by atoms with van der Waals surface area (Å²) >= 11 is 0. The molecule has 2 aliphatic rings. The van der Waals surface area contributed by atoms with Crippen LogP contribution in [0.4, 0.5) is 0 Å². The van der Waals surface area contributed by atoms with Crippen molar-refractivity contribution in [3.63, 3.8) is 0 Å². The monoisotopic (exact) mass is 281 g/mol. The van der Waals surface area contributed by atoms with E-state index in [9.17, 15) is 0 Å². The largest absolute Gasteiger partial charge is 0.343 e. The Morgan fingerprint density at radius 3 is 2.65 bits per heavy atom. The van der Waals surface area contributed by atoms with E-state index in [1.807, 2.05) is 0 Å². The number of aliphatic imine (C=N–C) groups is 1. The van der Waals surface area contributed by atoms with E-state index in [1.54, 1.807) is 0 Å². The molecule has 2 rings (SSSR count). The number of hydrogen-bond acceptors (Lipinski definition) is 3. The maximum atomic E-state index is 5.70. The first kappa shape index (κ1) is 15.6. The van der Waals surface area contributed by atoms with Crippen LogP contribution in [0.1, 0.15) is 51.9 Å². The Balaban J connectivity index is 1.90. The van der Waals surface area contributed by atoms with Crippen LogP contribution in [-0.2, 0) is 0 Å². The summed E-state index contributed by atoms with van der Waals surface area (Å²) in [7, 11) is 2.10. The summed E-state index contributed by atoms with van der Waals surface area (Å²) in [6.07, 6.45) is 9.01. The quantitative estimate of drug-likeness (QED) is 0.355. The van der Waals surface area contributed by atoms with E-state index in [1.165, 1.54) is 51.5 Å². The SMILES string of the molecule is CCN1CCCC1CN(C)C(=NC1CCCCC1)NN. The lowest BCUT2D eigenvalue weighted by Gasteiger charge is -2.30. The lowest BCUT2D eigenvalue weighted by atomic mass is 9.96. The second kappa shape index (κ2) is 7.84. The van der Waals surface area contributed by atoms with Crippen LogP contribution in [0.15, 0.2) is 4.99 Å². The molecule has 0 bridgehead atoms. The van der Waals surface area contributed by atoms with Crippen LogP contribution in [0.3, 0.4) is 0 Å². The molecule has 1 heterocycles. The molecular formula is C15H31N5. The first-order valence-corrected chi connectivity index (χ1v) is 8.24. The minimum Gasteiger partial charge on any atom is -0.343 e. The Kier molecular flexibility index (Phi) is 6.10. The van der Waals surface area contributed by atoms with Gasteiger partial charge < -0.3 is 4.90 Å². The molecule has 1 unspecified atom stereocenters. The number of nitrogens with zero attached hydrogens (tertiary/aromatic N) is 3. The van der Waals surface area contributed by atoms with Crippen molar-refractivity contribution in [3.05, 3.63) is 0 Å². The van der Waals surface area contributed by atoms with Crippen molar-refractivity contribution in [2.24, 2.45) is 10.8 Å². The van der Waals surface area contributed by atoms with Crippen molar-refractivity contribution in [1.82, 2.24) is 15.2 Å². The normalized spacial score (nSPS) is 25.9. The van der Waals surface area contributed by atoms with Gasteiger partial charge in [0.2, 0.25) is 5.96 Å². The number of nitrogens with two attached hydrogens (primary N) is 1. The van der Waals surface area contributed by atoms with Crippen molar-refractivity contribution < 1.29 is 0 Å². The van der Waals surface area contributed by atoms with Gasteiger partial charge in [-0.3, -0.25) is 10.3 Å². The highest BCUT2D eigenvalue weighted by Gasteiger charge is 2.25. The summed E-state index contributed by atoms with van der Waals surface area (Å²) in [5.41, 5.74) is 2.81. The van der Waals surface area contributed by atoms with Gasteiger partial charge in [0.25, 0.3) is 0 Å². The third-order valence-electron chi connectivity index (χ3n) is 4.76. The molecule has 3 N–H and O–H groups in total. The molecule has 20 heavy (non-hydrogen) atoms. The number of likely N-dealkylation sites (N-methyl/N-ethyl adjacent to an activating group) is 2. The Labute approximate surface area is 123 Å². The van der Waals surface area contributed by atoms with Crippen LogP contribution < -0.4 is 11.3 Å². The molecule has 0 amide bonds. The highest BCUT2D eigenvalue weighted by molar-refractivity contribution is 5.79. The summed E-state index contributed by atoms with van der Waals surface area (Å²) in [5.74, 6) is 6.56. The van der Waals surface area contributed by atoms with E-state index in [2.05, 4.69) is 29.2 Å². The predicted octanol–water partition coefficient (Wildman–Crippen LogP) is 1.55. The van der Waals surface area contributed by atoms with Gasteiger partial charge in [-0.1, -0.05) is 26.2 Å². The number of rotatable bonds is 4. The second-order valence-electron chi connectivity index (χ2n) is 6.19. The van der Waals surface area contributed by atoms with Crippen molar-refractivity contribution in [3.8, 4) is 0 Å². The fourth-order valence-corrected chi connectivity index (χ4v) is 3.55. The minimum absolute atomic E-state index is 0.461. The Morgan fingerprint density at radius 1 is 1.25 bits per heavy atom. The molecule has 5 nitrogen and oxygen atoms in total. The molecule has 0 aromatic rings. The Bertz CT molecular complexity index is 311. The molecule has 116 valence electrons. The van der Waals surface area contributed by atoms with Gasteiger partial charge in [0.05, 0.1) is 6.04 Å². The van der Waals surface area contributed by atoms with Gasteiger partial charge in [-0.05, 0) is 38.8 Å². The van der Waals surface area contributed by atoms with Crippen molar-refractivity contribution in [1.29, 1.82) is 0 Å². The maximum Gasteiger partial charge on any atom is 0.208 e. The standard InChI is InChI=1S/C15H31N5/c1-3-20-11-7-10-14(20)12-19(2)15(18-16)17-13-8-5-4-6-9-13/h13-14H,3-12,16H2,1-2H3,(H,17,18). The van der Waals surface area contributed by atoms with Gasteiger partial charge in [-0.25, -0.2) is 10.8 Å². The molecular weight excluding hydrogens is 250 g/mol. The van der Waals surface area contributed by atoms with E-state index >= 15 is 0 Å². The molecule has 0 radical (unpaired) electrons. The lowest BCUT2D eigenvalue weighted by molar-refractivity contribution is 0.232. The minimum atomic E-state index is 0.461. The van der Waals surface area contributed by atoms with Crippen LogP contribution in [0.2, 0.25) is 0 Å².